The summed E-state index contributed by atoms with van der Waals surface area (Å²) in [5, 5.41) is 38.8. The molecule has 1 saturated carbocycles. The van der Waals surface area contributed by atoms with Crippen LogP contribution >= 0.6 is 22.7 Å². The van der Waals surface area contributed by atoms with Crippen molar-refractivity contribution in [2.45, 2.75) is 104 Å². The van der Waals surface area contributed by atoms with E-state index < -0.39 is 29.5 Å². The maximum absolute atomic E-state index is 14.3. The van der Waals surface area contributed by atoms with Gasteiger partial charge in [0.25, 0.3) is 0 Å². The van der Waals surface area contributed by atoms with E-state index in [-0.39, 0.29) is 55.1 Å². The number of pyridine rings is 1. The third-order valence-corrected chi connectivity index (χ3v) is 16.0. The molecule has 20 heteroatoms. The predicted octanol–water partition coefficient (Wildman–Crippen LogP) is 6.47. The highest BCUT2D eigenvalue weighted by atomic mass is 32.1. The summed E-state index contributed by atoms with van der Waals surface area (Å²) in [4.78, 5) is 71.6. The summed E-state index contributed by atoms with van der Waals surface area (Å²) in [6.07, 6.45) is 5.08. The van der Waals surface area contributed by atoms with Gasteiger partial charge >= 0.3 is 0 Å². The fourth-order valence-corrected chi connectivity index (χ4v) is 11.7. The zero-order valence-electron chi connectivity index (χ0n) is 42.0. The number of nitrogens with one attached hydrogen (secondary N) is 4. The number of aryl methyl sites for hydroxylation is 1. The maximum atomic E-state index is 14.3. The van der Waals surface area contributed by atoms with Crippen molar-refractivity contribution in [3.05, 3.63) is 77.7 Å². The van der Waals surface area contributed by atoms with Crippen LogP contribution in [0.25, 0.3) is 37.9 Å². The molecule has 380 valence electrons. The number of anilines is 3. The van der Waals surface area contributed by atoms with Gasteiger partial charge in [0, 0.05) is 82.5 Å². The number of nitrogens with zero attached hydrogens (tertiary/aromatic N) is 9. The van der Waals surface area contributed by atoms with Crippen LogP contribution in [0.5, 0.6) is 0 Å². The fraction of sp³-hybridized carbons (Fsp3) is 0.481. The van der Waals surface area contributed by atoms with Crippen molar-refractivity contribution in [3.63, 3.8) is 0 Å². The SMILES string of the molecule is CNc1cnn2c(-c3cc(NC(C)C)c(-c4nnc(N5CCN(C(=O)C6CCC(C(=O)N[C@H](C(=O)N7C[C@H](O)C[C@H]7C(=O)NCc7ccc(-c8scnc8C)cc7)C(C)(C)C)CC6)CC5)s4)cn3)ccc2c1. The number of fused-ring (bicyclic) bond motifs is 1. The number of aromatic nitrogens is 6. The maximum Gasteiger partial charge on any atom is 0.246 e. The largest absolute Gasteiger partial charge is 0.391 e. The van der Waals surface area contributed by atoms with Gasteiger partial charge in [-0.15, -0.1) is 21.5 Å². The number of β-amino-alcohol motifs (C(OH)–C–C–N with tert-alkyl or cyclic N) is 1. The lowest BCUT2D eigenvalue weighted by Gasteiger charge is -2.38. The Labute approximate surface area is 428 Å². The molecule has 0 bridgehead atoms. The summed E-state index contributed by atoms with van der Waals surface area (Å²) >= 11 is 3.08. The van der Waals surface area contributed by atoms with Crippen LogP contribution in [-0.4, -0.2) is 132 Å². The number of carbonyl (C=O) groups is 4. The quantitative estimate of drug-likeness (QED) is 0.0792. The van der Waals surface area contributed by atoms with Crippen molar-refractivity contribution < 1.29 is 24.3 Å². The monoisotopic (exact) mass is 1020 g/mol. The second-order valence-corrected chi connectivity index (χ2v) is 22.4. The molecule has 4 amide bonds. The van der Waals surface area contributed by atoms with E-state index in [2.05, 4.69) is 60.3 Å². The Morgan fingerprint density at radius 2 is 1.62 bits per heavy atom. The zero-order chi connectivity index (χ0) is 50.8. The molecular weight excluding hydrogens is 951 g/mol. The Bertz CT molecular complexity index is 2910. The lowest BCUT2D eigenvalue weighted by molar-refractivity contribution is -0.145. The molecule has 1 aliphatic carbocycles. The number of hydrogen-bond acceptors (Lipinski definition) is 15. The number of amides is 4. The molecule has 7 heterocycles. The second-order valence-electron chi connectivity index (χ2n) is 20.6. The average Bonchev–Trinajstić information content (AvgIpc) is 4.21. The molecule has 2 aliphatic heterocycles. The van der Waals surface area contributed by atoms with Crippen LogP contribution in [0.1, 0.15) is 78.0 Å². The van der Waals surface area contributed by atoms with Crippen LogP contribution in [-0.2, 0) is 25.7 Å². The molecule has 5 aromatic heterocycles. The number of aliphatic hydroxyl groups is 1. The van der Waals surface area contributed by atoms with Gasteiger partial charge in [0.1, 0.15) is 12.1 Å². The van der Waals surface area contributed by atoms with Gasteiger partial charge in [-0.25, -0.2) is 9.50 Å². The Morgan fingerprint density at radius 1 is 0.889 bits per heavy atom. The lowest BCUT2D eigenvalue weighted by Crippen LogP contribution is -2.58. The number of rotatable bonds is 14. The van der Waals surface area contributed by atoms with E-state index in [1.165, 1.54) is 16.2 Å². The highest BCUT2D eigenvalue weighted by Crippen LogP contribution is 2.37. The van der Waals surface area contributed by atoms with Crippen molar-refractivity contribution in [1.82, 2.24) is 50.2 Å². The van der Waals surface area contributed by atoms with Crippen molar-refractivity contribution in [3.8, 4) is 32.4 Å². The van der Waals surface area contributed by atoms with Crippen LogP contribution < -0.4 is 26.2 Å². The van der Waals surface area contributed by atoms with E-state index in [1.807, 2.05) is 104 Å². The summed E-state index contributed by atoms with van der Waals surface area (Å²) in [7, 11) is 1.87. The fourth-order valence-electron chi connectivity index (χ4n) is 10.00. The minimum Gasteiger partial charge on any atom is -0.391 e. The highest BCUT2D eigenvalue weighted by Gasteiger charge is 2.45. The third kappa shape index (κ3) is 10.9. The first-order valence-electron chi connectivity index (χ1n) is 24.9. The third-order valence-electron chi connectivity index (χ3n) is 14.0. The number of piperazine rings is 1. The molecular formula is C52H65N13O5S2. The molecule has 5 N–H and O–H groups in total. The predicted molar refractivity (Wildman–Crippen MR) is 282 cm³/mol. The molecule has 3 atom stereocenters. The number of carbonyl (C=O) groups excluding carboxylic acids is 4. The van der Waals surface area contributed by atoms with Gasteiger partial charge in [-0.05, 0) is 87.3 Å². The van der Waals surface area contributed by atoms with Gasteiger partial charge in [0.2, 0.25) is 28.8 Å². The summed E-state index contributed by atoms with van der Waals surface area (Å²) in [5.41, 5.74) is 9.38. The topological polar surface area (TPSA) is 215 Å². The van der Waals surface area contributed by atoms with Gasteiger partial charge in [0.15, 0.2) is 5.01 Å². The van der Waals surface area contributed by atoms with Crippen molar-refractivity contribution in [1.29, 1.82) is 0 Å². The van der Waals surface area contributed by atoms with Crippen LogP contribution in [0.15, 0.2) is 66.4 Å². The number of hydrogen-bond donors (Lipinski definition) is 5. The van der Waals surface area contributed by atoms with Crippen molar-refractivity contribution in [2.75, 3.05) is 55.3 Å². The molecule has 3 aliphatic rings. The standard InChI is InChI=1S/C52H65N13O5S2/c1-30(2)58-40-24-41(42-17-16-37-22-36(53-7)26-57-65(37)42)54-27-39(40)48-60-61-51(72-48)63-20-18-62(19-21-63)49(69)35-14-12-34(13-15-35)46(67)59-45(52(4,5)6)50(70)64-28-38(66)23-43(64)47(68)55-25-32-8-10-33(11-9-32)44-31(3)56-29-71-44/h8-11,16-17,22,24,26-27,29-30,34-35,38,43,45,53,66H,12-15,18-21,23,25,28H2,1-7H3,(H,54,58)(H,55,68)(H,59,67)/t34?,35?,38-,43+,45-/m1/s1. The Balaban J connectivity index is 0.762. The Morgan fingerprint density at radius 3 is 2.31 bits per heavy atom. The number of thiazole rings is 1. The van der Waals surface area contributed by atoms with Crippen molar-refractivity contribution >= 4 is 68.3 Å². The van der Waals surface area contributed by atoms with Crippen LogP contribution in [0.3, 0.4) is 0 Å². The van der Waals surface area contributed by atoms with Gasteiger partial charge in [-0.3, -0.25) is 24.2 Å². The Hall–Kier alpha value is -6.51. The number of aliphatic hydroxyl groups excluding tert-OH is 1. The highest BCUT2D eigenvalue weighted by molar-refractivity contribution is 7.18. The van der Waals surface area contributed by atoms with Gasteiger partial charge in [0.05, 0.1) is 56.5 Å². The normalized spacial score (nSPS) is 19.9. The summed E-state index contributed by atoms with van der Waals surface area (Å²) in [6.45, 7) is 14.4. The number of benzene rings is 1. The molecule has 18 nitrogen and oxygen atoms in total. The first-order valence-corrected chi connectivity index (χ1v) is 26.6. The minimum atomic E-state index is -0.925. The smallest absolute Gasteiger partial charge is 0.246 e. The summed E-state index contributed by atoms with van der Waals surface area (Å²) < 4.78 is 1.88. The number of likely N-dealkylation sites (tertiary alicyclic amines) is 1. The van der Waals surface area contributed by atoms with E-state index in [9.17, 15) is 24.3 Å². The molecule has 1 aromatic carbocycles. The van der Waals surface area contributed by atoms with E-state index in [4.69, 9.17) is 4.98 Å². The molecule has 72 heavy (non-hydrogen) atoms. The first kappa shape index (κ1) is 50.4. The molecule has 0 spiro atoms. The van der Waals surface area contributed by atoms with E-state index in [1.54, 1.807) is 17.5 Å². The summed E-state index contributed by atoms with van der Waals surface area (Å²) in [5.74, 6) is -1.41. The first-order chi connectivity index (χ1) is 34.5. The molecule has 3 fully saturated rings. The van der Waals surface area contributed by atoms with Gasteiger partial charge < -0.3 is 41.1 Å². The molecule has 6 aromatic rings. The summed E-state index contributed by atoms with van der Waals surface area (Å²) in [6, 6.07) is 14.4. The van der Waals surface area contributed by atoms with E-state index in [0.717, 1.165) is 65.7 Å². The molecule has 9 rings (SSSR count). The molecule has 0 radical (unpaired) electrons. The Kier molecular flexibility index (Phi) is 14.9. The van der Waals surface area contributed by atoms with E-state index in [0.29, 0.717) is 51.9 Å². The average molecular weight is 1020 g/mol. The van der Waals surface area contributed by atoms with Gasteiger partial charge in [-0.1, -0.05) is 56.4 Å². The van der Waals surface area contributed by atoms with Crippen molar-refractivity contribution in [2.24, 2.45) is 17.3 Å². The molecule has 2 saturated heterocycles. The lowest BCUT2D eigenvalue weighted by atomic mass is 9.80. The minimum absolute atomic E-state index is 0.000560. The second kappa shape index (κ2) is 21.3. The van der Waals surface area contributed by atoms with Crippen LogP contribution in [0.4, 0.5) is 16.5 Å². The molecule has 0 unspecified atom stereocenters. The van der Waals surface area contributed by atoms with Crippen LogP contribution in [0, 0.1) is 24.2 Å². The van der Waals surface area contributed by atoms with E-state index >= 15 is 0 Å². The van der Waals surface area contributed by atoms with Gasteiger partial charge in [-0.2, -0.15) is 5.10 Å². The van der Waals surface area contributed by atoms with Crippen LogP contribution in [0.2, 0.25) is 0 Å². The zero-order valence-corrected chi connectivity index (χ0v) is 43.6.